The van der Waals surface area contributed by atoms with Gasteiger partial charge in [-0.3, -0.25) is 4.99 Å². The lowest BCUT2D eigenvalue weighted by Crippen LogP contribution is -2.20. The number of aromatic nitrogens is 1. The van der Waals surface area contributed by atoms with Crippen LogP contribution in [0.1, 0.15) is 90.7 Å². The van der Waals surface area contributed by atoms with Crippen LogP contribution in [0.3, 0.4) is 0 Å². The van der Waals surface area contributed by atoms with Gasteiger partial charge in [0.05, 0.1) is 22.8 Å². The number of unbranched alkanes of at least 4 members (excludes halogenated alkanes) is 8. The molecule has 0 radical (unpaired) electrons. The molecule has 0 bridgehead atoms. The highest BCUT2D eigenvalue weighted by Crippen LogP contribution is 2.37. The Balaban J connectivity index is 1.57. The van der Waals surface area contributed by atoms with E-state index in [9.17, 15) is 0 Å². The van der Waals surface area contributed by atoms with Crippen LogP contribution >= 0.6 is 0 Å². The van der Waals surface area contributed by atoms with Crippen molar-refractivity contribution in [1.82, 2.24) is 9.88 Å². The van der Waals surface area contributed by atoms with Crippen LogP contribution in [0.15, 0.2) is 52.4 Å². The first-order valence-electron chi connectivity index (χ1n) is 12.4. The topological polar surface area (TPSA) is 40.6 Å². The minimum Gasteiger partial charge on any atom is -0.368 e. The van der Waals surface area contributed by atoms with Gasteiger partial charge in [-0.25, -0.2) is 0 Å². The van der Waals surface area contributed by atoms with Gasteiger partial charge in [-0.2, -0.15) is 0 Å². The molecule has 4 heteroatoms. The number of hydrogen-bond acceptors (Lipinski definition) is 3. The largest absolute Gasteiger partial charge is 0.368 e. The van der Waals surface area contributed by atoms with E-state index in [1.807, 2.05) is 12.3 Å². The van der Waals surface area contributed by atoms with E-state index in [1.165, 1.54) is 69.1 Å². The molecule has 1 atom stereocenters. The van der Waals surface area contributed by atoms with E-state index in [2.05, 4.69) is 55.9 Å². The van der Waals surface area contributed by atoms with Crippen molar-refractivity contribution >= 4 is 11.4 Å². The van der Waals surface area contributed by atoms with Crippen molar-refractivity contribution in [3.8, 4) is 0 Å². The van der Waals surface area contributed by atoms with Crippen LogP contribution in [0.2, 0.25) is 0 Å². The van der Waals surface area contributed by atoms with Gasteiger partial charge >= 0.3 is 0 Å². The maximum absolute atomic E-state index is 6.07. The third kappa shape index (κ3) is 6.22. The summed E-state index contributed by atoms with van der Waals surface area (Å²) in [6, 6.07) is 4.14. The summed E-state index contributed by atoms with van der Waals surface area (Å²) in [5, 5.41) is 0. The van der Waals surface area contributed by atoms with Crippen LogP contribution in [0, 0.1) is 0 Å². The van der Waals surface area contributed by atoms with Gasteiger partial charge in [0.25, 0.3) is 0 Å². The highest BCUT2D eigenvalue weighted by molar-refractivity contribution is 6.02. The molecular weight excluding hydrogens is 382 g/mol. The predicted molar refractivity (Wildman–Crippen MR) is 132 cm³/mol. The molecule has 0 saturated carbocycles. The predicted octanol–water partition coefficient (Wildman–Crippen LogP) is 7.24. The fourth-order valence-electron chi connectivity index (χ4n) is 4.60. The molecule has 0 saturated heterocycles. The van der Waals surface area contributed by atoms with Crippen molar-refractivity contribution in [2.75, 3.05) is 13.7 Å². The summed E-state index contributed by atoms with van der Waals surface area (Å²) in [5.74, 6) is 0. The van der Waals surface area contributed by atoms with Gasteiger partial charge in [-0.1, -0.05) is 58.3 Å². The van der Waals surface area contributed by atoms with Crippen LogP contribution in [-0.4, -0.2) is 35.4 Å². The van der Waals surface area contributed by atoms with E-state index < -0.39 is 0 Å². The first-order valence-corrected chi connectivity index (χ1v) is 12.4. The highest BCUT2D eigenvalue weighted by atomic mass is 16.5. The molecule has 1 unspecified atom stereocenters. The Morgan fingerprint density at radius 2 is 1.74 bits per heavy atom. The van der Waals surface area contributed by atoms with Crippen LogP contribution in [0.4, 0.5) is 0 Å². The third-order valence-electron chi connectivity index (χ3n) is 6.40. The summed E-state index contributed by atoms with van der Waals surface area (Å²) in [6.07, 6.45) is 19.8. The first-order chi connectivity index (χ1) is 15.2. The zero-order valence-electron chi connectivity index (χ0n) is 20.0. The number of nitrogens with one attached hydrogen (secondary N) is 1. The van der Waals surface area contributed by atoms with Crippen molar-refractivity contribution in [2.45, 2.75) is 91.1 Å². The number of rotatable bonds is 13. The maximum atomic E-state index is 6.07. The van der Waals surface area contributed by atoms with Crippen LogP contribution in [0.5, 0.6) is 0 Å². The number of nitrogens with zero attached hydrogens (tertiary/aromatic N) is 2. The Morgan fingerprint density at radius 3 is 2.39 bits per heavy atom. The molecule has 3 heterocycles. The van der Waals surface area contributed by atoms with Crippen molar-refractivity contribution in [3.05, 3.63) is 53.1 Å². The third-order valence-corrected chi connectivity index (χ3v) is 6.40. The summed E-state index contributed by atoms with van der Waals surface area (Å²) >= 11 is 0. The normalized spacial score (nSPS) is 21.0. The monoisotopic (exact) mass is 423 g/mol. The average molecular weight is 424 g/mol. The molecule has 0 aliphatic carbocycles. The number of allylic oxidation sites excluding steroid dienone is 2. The number of aromatic amines is 1. The Bertz CT molecular complexity index is 814. The average Bonchev–Trinajstić information content (AvgIpc) is 3.47. The Hall–Kier alpha value is -2.07. The number of likely N-dealkylation sites (N-methyl/N-ethyl adjacent to an activating group) is 1. The molecule has 170 valence electrons. The second kappa shape index (κ2) is 12.1. The van der Waals surface area contributed by atoms with Gasteiger partial charge in [0.1, 0.15) is 6.10 Å². The van der Waals surface area contributed by atoms with Crippen molar-refractivity contribution in [1.29, 1.82) is 0 Å². The molecule has 1 N–H and O–H groups in total. The van der Waals surface area contributed by atoms with E-state index in [0.717, 1.165) is 29.2 Å². The van der Waals surface area contributed by atoms with Gasteiger partial charge in [0.15, 0.2) is 0 Å². The lowest BCUT2D eigenvalue weighted by Gasteiger charge is -2.21. The van der Waals surface area contributed by atoms with E-state index in [1.54, 1.807) is 0 Å². The van der Waals surface area contributed by atoms with Crippen molar-refractivity contribution in [2.24, 2.45) is 4.99 Å². The van der Waals surface area contributed by atoms with Crippen LogP contribution in [0.25, 0.3) is 5.70 Å². The summed E-state index contributed by atoms with van der Waals surface area (Å²) in [4.78, 5) is 10.5. The van der Waals surface area contributed by atoms with Crippen molar-refractivity contribution < 1.29 is 4.74 Å². The standard InChI is InChI=1S/C27H41N3O/c1-5-7-8-9-10-11-12-13-14-16-22-19-24(29-21(22)3)27-26(31-6-2)20-25(30(27)4)23-17-15-18-28-23/h15,17-20,26,28H,5-14,16H2,1-4H3. The Kier molecular flexibility index (Phi) is 9.20. The van der Waals surface area contributed by atoms with Gasteiger partial charge in [-0.15, -0.1) is 0 Å². The molecule has 1 aromatic heterocycles. The van der Waals surface area contributed by atoms with E-state index in [0.29, 0.717) is 6.61 Å². The Morgan fingerprint density at radius 1 is 1.03 bits per heavy atom. The van der Waals surface area contributed by atoms with Crippen LogP contribution < -0.4 is 0 Å². The lowest BCUT2D eigenvalue weighted by atomic mass is 10.0. The van der Waals surface area contributed by atoms with Gasteiger partial charge < -0.3 is 14.6 Å². The molecule has 3 rings (SSSR count). The zero-order valence-corrected chi connectivity index (χ0v) is 20.0. The van der Waals surface area contributed by atoms with E-state index >= 15 is 0 Å². The van der Waals surface area contributed by atoms with Crippen molar-refractivity contribution in [3.63, 3.8) is 0 Å². The molecule has 1 aromatic rings. The molecular formula is C27H41N3O. The second-order valence-corrected chi connectivity index (χ2v) is 8.79. The molecule has 31 heavy (non-hydrogen) atoms. The molecule has 2 aliphatic rings. The molecule has 0 amide bonds. The first kappa shape index (κ1) is 23.6. The highest BCUT2D eigenvalue weighted by Gasteiger charge is 2.32. The molecule has 2 aliphatic heterocycles. The minimum absolute atomic E-state index is 0.0526. The molecule has 0 aromatic carbocycles. The maximum Gasteiger partial charge on any atom is 0.120 e. The fourth-order valence-corrected chi connectivity index (χ4v) is 4.60. The number of hydrogen-bond donors (Lipinski definition) is 1. The smallest absolute Gasteiger partial charge is 0.120 e. The van der Waals surface area contributed by atoms with E-state index in [-0.39, 0.29) is 6.10 Å². The summed E-state index contributed by atoms with van der Waals surface area (Å²) in [7, 11) is 2.12. The summed E-state index contributed by atoms with van der Waals surface area (Å²) < 4.78 is 6.07. The molecule has 0 spiro atoms. The van der Waals surface area contributed by atoms with E-state index in [4.69, 9.17) is 9.73 Å². The Labute approximate surface area is 189 Å². The molecule has 0 fully saturated rings. The summed E-state index contributed by atoms with van der Waals surface area (Å²) in [6.45, 7) is 7.17. The number of aliphatic imine (C=N–C) groups is 1. The van der Waals surface area contributed by atoms with Gasteiger partial charge in [-0.05, 0) is 56.5 Å². The summed E-state index contributed by atoms with van der Waals surface area (Å²) in [5.41, 5.74) is 7.02. The quantitative estimate of drug-likeness (QED) is 0.340. The lowest BCUT2D eigenvalue weighted by molar-refractivity contribution is 0.114. The SMILES string of the molecule is CCCCCCCCCCCC1=CC(=C2C(OCC)C=C(c3ccc[nH]3)N2C)N=C1C. The number of ether oxygens (including phenoxy) is 1. The second-order valence-electron chi connectivity index (χ2n) is 8.79. The van der Waals surface area contributed by atoms with Gasteiger partial charge in [0.2, 0.25) is 0 Å². The fraction of sp³-hybridized carbons (Fsp3) is 0.593. The molecule has 4 nitrogen and oxygen atoms in total. The van der Waals surface area contributed by atoms with Gasteiger partial charge in [0, 0.05) is 25.6 Å². The zero-order chi connectivity index (χ0) is 22.1. The van der Waals surface area contributed by atoms with Crippen LogP contribution in [-0.2, 0) is 4.74 Å². The minimum atomic E-state index is -0.0526. The number of H-pyrrole nitrogens is 1.